The number of carbonyl (C=O) groups excluding carboxylic acids is 1. The lowest BCUT2D eigenvalue weighted by Crippen LogP contribution is -2.37. The van der Waals surface area contributed by atoms with Crippen LogP contribution < -0.4 is 5.32 Å². The van der Waals surface area contributed by atoms with Crippen LogP contribution in [0.3, 0.4) is 0 Å². The molecule has 0 unspecified atom stereocenters. The average Bonchev–Trinajstić information content (AvgIpc) is 2.23. The Bertz CT molecular complexity index is 460. The van der Waals surface area contributed by atoms with E-state index in [1.54, 1.807) is 0 Å². The largest absolute Gasteiger partial charge is 0.471 e. The van der Waals surface area contributed by atoms with Crippen LogP contribution in [0.1, 0.15) is 11.1 Å². The first-order valence-electron chi connectivity index (χ1n) is 5.01. The minimum atomic E-state index is -4.81. The van der Waals surface area contributed by atoms with Crippen molar-refractivity contribution in [3.63, 3.8) is 0 Å². The predicted octanol–water partition coefficient (Wildman–Crippen LogP) is 3.43. The quantitative estimate of drug-likeness (QED) is 0.657. The van der Waals surface area contributed by atoms with E-state index in [-0.39, 0.29) is 6.54 Å². The third kappa shape index (κ3) is 4.56. The standard InChI is InChI=1S/C11H10F3I2NO/c1-6-4-9(16)7(5-8(6)15)2-3-17-10(18)11(12,13)14/h4-5H,2-3H2,1H3,(H,17,18). The first-order chi connectivity index (χ1) is 8.21. The monoisotopic (exact) mass is 483 g/mol. The van der Waals surface area contributed by atoms with E-state index in [4.69, 9.17) is 0 Å². The smallest absolute Gasteiger partial charge is 0.348 e. The van der Waals surface area contributed by atoms with E-state index in [9.17, 15) is 18.0 Å². The molecule has 100 valence electrons. The molecule has 0 bridgehead atoms. The first kappa shape index (κ1) is 16.0. The molecule has 1 aromatic carbocycles. The molecule has 0 fully saturated rings. The molecule has 0 radical (unpaired) electrons. The van der Waals surface area contributed by atoms with Gasteiger partial charge in [-0.1, -0.05) is 0 Å². The summed E-state index contributed by atoms with van der Waals surface area (Å²) in [6.45, 7) is 1.95. The summed E-state index contributed by atoms with van der Waals surface area (Å²) in [5.41, 5.74) is 2.07. The Labute approximate surface area is 130 Å². The Balaban J connectivity index is 2.60. The summed E-state index contributed by atoms with van der Waals surface area (Å²) in [5.74, 6) is -1.89. The summed E-state index contributed by atoms with van der Waals surface area (Å²) in [4.78, 5) is 10.6. The van der Waals surface area contributed by atoms with Gasteiger partial charge in [0.25, 0.3) is 0 Å². The maximum absolute atomic E-state index is 12.0. The Hall–Kier alpha value is -0.0600. The van der Waals surface area contributed by atoms with Crippen LogP contribution in [0.15, 0.2) is 12.1 Å². The molecule has 0 saturated heterocycles. The van der Waals surface area contributed by atoms with E-state index in [0.29, 0.717) is 6.42 Å². The third-order valence-corrected chi connectivity index (χ3v) is 4.43. The summed E-state index contributed by atoms with van der Waals surface area (Å²) in [5, 5.41) is 1.86. The normalized spacial score (nSPS) is 11.4. The zero-order chi connectivity index (χ0) is 13.9. The van der Waals surface area contributed by atoms with Gasteiger partial charge in [0.15, 0.2) is 0 Å². The topological polar surface area (TPSA) is 29.1 Å². The lowest BCUT2D eigenvalue weighted by Gasteiger charge is -2.10. The van der Waals surface area contributed by atoms with Gasteiger partial charge in [0.05, 0.1) is 0 Å². The second-order valence-electron chi connectivity index (χ2n) is 3.70. The minimum absolute atomic E-state index is 0.0204. The number of rotatable bonds is 3. The molecule has 0 saturated carbocycles. The molecular formula is C11H10F3I2NO. The molecule has 0 atom stereocenters. The zero-order valence-electron chi connectivity index (χ0n) is 9.37. The van der Waals surface area contributed by atoms with Crippen molar-refractivity contribution in [2.45, 2.75) is 19.5 Å². The highest BCUT2D eigenvalue weighted by Gasteiger charge is 2.38. The first-order valence-corrected chi connectivity index (χ1v) is 7.17. The van der Waals surface area contributed by atoms with E-state index < -0.39 is 12.1 Å². The van der Waals surface area contributed by atoms with Crippen molar-refractivity contribution in [1.82, 2.24) is 5.32 Å². The summed E-state index contributed by atoms with van der Waals surface area (Å²) >= 11 is 4.31. The van der Waals surface area contributed by atoms with Crippen molar-refractivity contribution in [3.8, 4) is 0 Å². The van der Waals surface area contributed by atoms with Crippen molar-refractivity contribution in [2.24, 2.45) is 0 Å². The molecule has 0 aromatic heterocycles. The number of hydrogen-bond donors (Lipinski definition) is 1. The summed E-state index contributed by atoms with van der Waals surface area (Å²) in [7, 11) is 0. The molecule has 0 aliphatic rings. The predicted molar refractivity (Wildman–Crippen MR) is 79.4 cm³/mol. The average molecular weight is 483 g/mol. The van der Waals surface area contributed by atoms with Crippen LogP contribution in [-0.2, 0) is 11.2 Å². The highest BCUT2D eigenvalue weighted by molar-refractivity contribution is 14.1. The summed E-state index contributed by atoms with van der Waals surface area (Å²) in [6, 6.07) is 3.90. The molecule has 1 amide bonds. The van der Waals surface area contributed by atoms with Crippen LogP contribution in [0.2, 0.25) is 0 Å². The van der Waals surface area contributed by atoms with Gasteiger partial charge < -0.3 is 5.32 Å². The third-order valence-electron chi connectivity index (χ3n) is 2.27. The minimum Gasteiger partial charge on any atom is -0.348 e. The Kier molecular flexibility index (Phi) is 5.68. The molecule has 0 aliphatic carbocycles. The van der Waals surface area contributed by atoms with Crippen LogP contribution in [0.5, 0.6) is 0 Å². The fraction of sp³-hybridized carbons (Fsp3) is 0.364. The van der Waals surface area contributed by atoms with Gasteiger partial charge in [0.2, 0.25) is 0 Å². The Morgan fingerprint density at radius 2 is 1.89 bits per heavy atom. The zero-order valence-corrected chi connectivity index (χ0v) is 13.7. The highest BCUT2D eigenvalue weighted by Crippen LogP contribution is 2.20. The van der Waals surface area contributed by atoms with Crippen molar-refractivity contribution in [2.75, 3.05) is 6.54 Å². The van der Waals surface area contributed by atoms with Gasteiger partial charge in [0, 0.05) is 13.7 Å². The number of alkyl halides is 3. The van der Waals surface area contributed by atoms with Crippen molar-refractivity contribution >= 4 is 51.1 Å². The lowest BCUT2D eigenvalue weighted by molar-refractivity contribution is -0.173. The maximum Gasteiger partial charge on any atom is 0.471 e. The summed E-state index contributed by atoms with van der Waals surface area (Å²) in [6.07, 6.45) is -4.43. The number of aryl methyl sites for hydroxylation is 1. The van der Waals surface area contributed by atoms with E-state index in [2.05, 4.69) is 45.2 Å². The second-order valence-corrected chi connectivity index (χ2v) is 6.02. The second kappa shape index (κ2) is 6.40. The molecule has 0 aliphatic heterocycles. The van der Waals surface area contributed by atoms with Gasteiger partial charge >= 0.3 is 12.1 Å². The van der Waals surface area contributed by atoms with Gasteiger partial charge in [-0.25, -0.2) is 0 Å². The molecule has 0 heterocycles. The molecule has 2 nitrogen and oxygen atoms in total. The number of amides is 1. The molecule has 1 N–H and O–H groups in total. The van der Waals surface area contributed by atoms with Crippen LogP contribution in [0.4, 0.5) is 13.2 Å². The van der Waals surface area contributed by atoms with Crippen LogP contribution in [0.25, 0.3) is 0 Å². The van der Waals surface area contributed by atoms with E-state index in [1.807, 2.05) is 24.4 Å². The number of halogens is 5. The van der Waals surface area contributed by atoms with Gasteiger partial charge in [-0.15, -0.1) is 0 Å². The van der Waals surface area contributed by atoms with Gasteiger partial charge in [-0.05, 0) is 81.8 Å². The number of benzene rings is 1. The maximum atomic E-state index is 12.0. The van der Waals surface area contributed by atoms with E-state index in [0.717, 1.165) is 18.3 Å². The molecule has 18 heavy (non-hydrogen) atoms. The summed E-state index contributed by atoms with van der Waals surface area (Å²) < 4.78 is 37.9. The van der Waals surface area contributed by atoms with Crippen LogP contribution >= 0.6 is 45.2 Å². The molecule has 1 aromatic rings. The van der Waals surface area contributed by atoms with E-state index >= 15 is 0 Å². The van der Waals surface area contributed by atoms with Crippen molar-refractivity contribution in [3.05, 3.63) is 30.4 Å². The molecule has 7 heteroatoms. The highest BCUT2D eigenvalue weighted by atomic mass is 127. The SMILES string of the molecule is Cc1cc(I)c(CCNC(=O)C(F)(F)F)cc1I. The molecule has 1 rings (SSSR count). The van der Waals surface area contributed by atoms with Crippen LogP contribution in [0, 0.1) is 14.1 Å². The fourth-order valence-electron chi connectivity index (χ4n) is 1.29. The molecular weight excluding hydrogens is 473 g/mol. The van der Waals surface area contributed by atoms with Gasteiger partial charge in [0.1, 0.15) is 0 Å². The van der Waals surface area contributed by atoms with Gasteiger partial charge in [-0.3, -0.25) is 4.79 Å². The number of carbonyl (C=O) groups is 1. The van der Waals surface area contributed by atoms with E-state index in [1.165, 1.54) is 0 Å². The molecule has 0 spiro atoms. The van der Waals surface area contributed by atoms with Crippen LogP contribution in [-0.4, -0.2) is 18.6 Å². The van der Waals surface area contributed by atoms with Gasteiger partial charge in [-0.2, -0.15) is 13.2 Å². The Morgan fingerprint density at radius 1 is 1.28 bits per heavy atom. The van der Waals surface area contributed by atoms with Crippen molar-refractivity contribution in [1.29, 1.82) is 0 Å². The number of nitrogens with one attached hydrogen (secondary N) is 1. The lowest BCUT2D eigenvalue weighted by atomic mass is 10.1. The Morgan fingerprint density at radius 3 is 2.44 bits per heavy atom. The fourth-order valence-corrected chi connectivity index (χ4v) is 2.71. The number of hydrogen-bond acceptors (Lipinski definition) is 1. The van der Waals surface area contributed by atoms with Crippen molar-refractivity contribution < 1.29 is 18.0 Å².